The smallest absolute Gasteiger partial charge is 0.269 e. The van der Waals surface area contributed by atoms with E-state index in [0.29, 0.717) is 22.4 Å². The zero-order chi connectivity index (χ0) is 24.7. The summed E-state index contributed by atoms with van der Waals surface area (Å²) in [6.45, 7) is 7.51. The molecule has 0 bridgehead atoms. The largest absolute Gasteiger partial charge is 0.376 e. The van der Waals surface area contributed by atoms with Crippen LogP contribution in [0.1, 0.15) is 76.9 Å². The molecule has 2 heterocycles. The predicted octanol–water partition coefficient (Wildman–Crippen LogP) is 6.16. The van der Waals surface area contributed by atoms with Gasteiger partial charge in [-0.3, -0.25) is 14.6 Å². The van der Waals surface area contributed by atoms with E-state index < -0.39 is 46.1 Å². The van der Waals surface area contributed by atoms with Crippen LogP contribution in [0, 0.1) is 17.5 Å². The maximum atomic E-state index is 15.5. The van der Waals surface area contributed by atoms with Crippen LogP contribution in [0.3, 0.4) is 0 Å². The van der Waals surface area contributed by atoms with Crippen molar-refractivity contribution in [3.8, 4) is 0 Å². The minimum absolute atomic E-state index is 0.0561. The van der Waals surface area contributed by atoms with Gasteiger partial charge in [0.05, 0.1) is 16.8 Å². The van der Waals surface area contributed by atoms with Gasteiger partial charge in [0.2, 0.25) is 0 Å². The second-order valence-electron chi connectivity index (χ2n) is 8.82. The molecule has 4 rings (SSSR count). The maximum Gasteiger partial charge on any atom is 0.269 e. The van der Waals surface area contributed by atoms with E-state index in [2.05, 4.69) is 10.3 Å². The van der Waals surface area contributed by atoms with Gasteiger partial charge in [0.25, 0.3) is 11.8 Å². The molecule has 1 aliphatic rings. The second kappa shape index (κ2) is 8.93. The van der Waals surface area contributed by atoms with E-state index >= 15 is 8.78 Å². The highest BCUT2D eigenvalue weighted by molar-refractivity contribution is 6.35. The molecule has 8 heteroatoms. The summed E-state index contributed by atoms with van der Waals surface area (Å²) in [6, 6.07) is 8.67. The Hall–Kier alpha value is -3.68. The summed E-state index contributed by atoms with van der Waals surface area (Å²) >= 11 is 0. The first-order valence-electron chi connectivity index (χ1n) is 11.0. The lowest BCUT2D eigenvalue weighted by molar-refractivity contribution is 0.0923. The van der Waals surface area contributed by atoms with Crippen molar-refractivity contribution in [1.29, 1.82) is 0 Å². The van der Waals surface area contributed by atoms with Crippen molar-refractivity contribution in [3.05, 3.63) is 88.0 Å². The highest BCUT2D eigenvalue weighted by Gasteiger charge is 2.45. The van der Waals surface area contributed by atoms with E-state index in [1.165, 1.54) is 6.20 Å². The van der Waals surface area contributed by atoms with Crippen molar-refractivity contribution >= 4 is 23.2 Å². The highest BCUT2D eigenvalue weighted by atomic mass is 19.2. The van der Waals surface area contributed by atoms with Gasteiger partial charge in [-0.15, -0.1) is 0 Å². The van der Waals surface area contributed by atoms with Crippen LogP contribution in [-0.4, -0.2) is 16.8 Å². The number of carbonyl (C=O) groups excluding carboxylic acids is 2. The minimum atomic E-state index is -1.56. The standard InChI is InChI=1S/C26H24F3N3O2/c1-13(2)16-8-5-9-17(14(3)4)24(16)32-25(33)18-19(26(32)34)21(28)23(22(29)20(18)27)31-12-15-7-6-10-30-11-15/h5-11,13-14,31H,12H2,1-4H3. The first-order valence-corrected chi connectivity index (χ1v) is 11.0. The van der Waals surface area contributed by atoms with Gasteiger partial charge in [-0.1, -0.05) is 52.0 Å². The molecule has 3 aromatic rings. The third-order valence-corrected chi connectivity index (χ3v) is 5.91. The fraction of sp³-hybridized carbons (Fsp3) is 0.269. The van der Waals surface area contributed by atoms with Crippen molar-refractivity contribution in [3.63, 3.8) is 0 Å². The number of hydrogen-bond acceptors (Lipinski definition) is 4. The summed E-state index contributed by atoms with van der Waals surface area (Å²) in [7, 11) is 0. The number of rotatable bonds is 6. The summed E-state index contributed by atoms with van der Waals surface area (Å²) in [5.41, 5.74) is -0.217. The number of halogens is 3. The minimum Gasteiger partial charge on any atom is -0.376 e. The molecule has 1 aromatic heterocycles. The van der Waals surface area contributed by atoms with Crippen LogP contribution < -0.4 is 10.2 Å². The van der Waals surface area contributed by atoms with Crippen LogP contribution in [0.5, 0.6) is 0 Å². The molecule has 0 aliphatic carbocycles. The van der Waals surface area contributed by atoms with E-state index in [1.54, 1.807) is 30.5 Å². The molecule has 0 unspecified atom stereocenters. The summed E-state index contributed by atoms with van der Waals surface area (Å²) in [6.07, 6.45) is 3.03. The first-order chi connectivity index (χ1) is 16.1. The van der Waals surface area contributed by atoms with Gasteiger partial charge in [-0.25, -0.2) is 18.1 Å². The molecule has 0 atom stereocenters. The zero-order valence-electron chi connectivity index (χ0n) is 19.2. The van der Waals surface area contributed by atoms with E-state index in [0.717, 1.165) is 4.90 Å². The quantitative estimate of drug-likeness (QED) is 0.349. The van der Waals surface area contributed by atoms with Crippen LogP contribution >= 0.6 is 0 Å². The van der Waals surface area contributed by atoms with E-state index in [-0.39, 0.29) is 18.4 Å². The zero-order valence-corrected chi connectivity index (χ0v) is 19.2. The fourth-order valence-electron chi connectivity index (χ4n) is 4.20. The summed E-state index contributed by atoms with van der Waals surface area (Å²) < 4.78 is 45.5. The van der Waals surface area contributed by atoms with Gasteiger partial charge < -0.3 is 5.32 Å². The van der Waals surface area contributed by atoms with Crippen LogP contribution in [0.25, 0.3) is 0 Å². The predicted molar refractivity (Wildman–Crippen MR) is 124 cm³/mol. The lowest BCUT2D eigenvalue weighted by atomic mass is 9.92. The Morgan fingerprint density at radius 1 is 0.853 bits per heavy atom. The van der Waals surface area contributed by atoms with Crippen molar-refractivity contribution in [1.82, 2.24) is 4.98 Å². The van der Waals surface area contributed by atoms with Crippen molar-refractivity contribution in [2.24, 2.45) is 0 Å². The average molecular weight is 467 g/mol. The van der Waals surface area contributed by atoms with Gasteiger partial charge in [0.1, 0.15) is 5.69 Å². The van der Waals surface area contributed by atoms with E-state index in [1.807, 2.05) is 33.8 Å². The number of benzene rings is 2. The third-order valence-electron chi connectivity index (χ3n) is 5.91. The van der Waals surface area contributed by atoms with Crippen LogP contribution in [0.4, 0.5) is 24.5 Å². The molecular formula is C26H24F3N3O2. The molecule has 34 heavy (non-hydrogen) atoms. The number of anilines is 2. The number of fused-ring (bicyclic) bond motifs is 1. The Morgan fingerprint density at radius 3 is 1.97 bits per heavy atom. The lowest BCUT2D eigenvalue weighted by Gasteiger charge is -2.25. The number of carbonyl (C=O) groups is 2. The van der Waals surface area contributed by atoms with Crippen LogP contribution in [0.2, 0.25) is 0 Å². The monoisotopic (exact) mass is 467 g/mol. The third kappa shape index (κ3) is 3.73. The Balaban J connectivity index is 1.85. The molecule has 5 nitrogen and oxygen atoms in total. The second-order valence-corrected chi connectivity index (χ2v) is 8.82. The van der Waals surface area contributed by atoms with Crippen molar-refractivity contribution in [2.75, 3.05) is 10.2 Å². The molecule has 0 saturated carbocycles. The van der Waals surface area contributed by atoms with Gasteiger partial charge >= 0.3 is 0 Å². The van der Waals surface area contributed by atoms with Gasteiger partial charge in [0, 0.05) is 18.9 Å². The number of pyridine rings is 1. The lowest BCUT2D eigenvalue weighted by Crippen LogP contribution is -2.32. The molecule has 0 spiro atoms. The SMILES string of the molecule is CC(C)c1cccc(C(C)C)c1N1C(=O)c2c(F)c(F)c(NCc3cccnc3)c(F)c2C1=O. The molecule has 2 amide bonds. The number of hydrogen-bond donors (Lipinski definition) is 1. The fourth-order valence-corrected chi connectivity index (χ4v) is 4.20. The number of aromatic nitrogens is 1. The molecule has 2 aromatic carbocycles. The number of imide groups is 1. The van der Waals surface area contributed by atoms with Crippen LogP contribution in [-0.2, 0) is 6.54 Å². The Labute approximate surface area is 195 Å². The molecule has 0 radical (unpaired) electrons. The average Bonchev–Trinajstić information content (AvgIpc) is 3.07. The summed E-state index contributed by atoms with van der Waals surface area (Å²) in [5, 5.41) is 2.51. The highest BCUT2D eigenvalue weighted by Crippen LogP contribution is 2.42. The van der Waals surface area contributed by atoms with Gasteiger partial charge in [-0.2, -0.15) is 0 Å². The van der Waals surface area contributed by atoms with E-state index in [4.69, 9.17) is 0 Å². The number of nitrogens with zero attached hydrogens (tertiary/aromatic N) is 2. The Bertz CT molecular complexity index is 1260. The normalized spacial score (nSPS) is 13.3. The molecule has 1 N–H and O–H groups in total. The number of amides is 2. The van der Waals surface area contributed by atoms with Crippen molar-refractivity contribution < 1.29 is 22.8 Å². The van der Waals surface area contributed by atoms with E-state index in [9.17, 15) is 14.0 Å². The maximum absolute atomic E-state index is 15.5. The first kappa shape index (κ1) is 23.5. The van der Waals surface area contributed by atoms with Gasteiger partial charge in [0.15, 0.2) is 17.5 Å². The number of nitrogens with one attached hydrogen (secondary N) is 1. The molecule has 0 fully saturated rings. The van der Waals surface area contributed by atoms with Crippen LogP contribution in [0.15, 0.2) is 42.7 Å². The number of para-hydroxylation sites is 1. The summed E-state index contributed by atoms with van der Waals surface area (Å²) in [4.78, 5) is 31.4. The Morgan fingerprint density at radius 2 is 1.44 bits per heavy atom. The molecule has 1 aliphatic heterocycles. The summed E-state index contributed by atoms with van der Waals surface area (Å²) in [5.74, 6) is -6.67. The topological polar surface area (TPSA) is 62.3 Å². The van der Waals surface area contributed by atoms with Gasteiger partial charge in [-0.05, 0) is 34.6 Å². The molecule has 0 saturated heterocycles. The molecular weight excluding hydrogens is 443 g/mol. The Kier molecular flexibility index (Phi) is 6.17. The molecule has 176 valence electrons. The van der Waals surface area contributed by atoms with Crippen molar-refractivity contribution in [2.45, 2.75) is 46.1 Å².